The first-order valence-electron chi connectivity index (χ1n) is 4.74. The summed E-state index contributed by atoms with van der Waals surface area (Å²) in [4.78, 5) is 0. The van der Waals surface area contributed by atoms with Gasteiger partial charge in [-0.2, -0.15) is 0 Å². The van der Waals surface area contributed by atoms with Crippen LogP contribution >= 0.6 is 0 Å². The molecule has 15 heavy (non-hydrogen) atoms. The maximum Gasteiger partial charge on any atom is 0.215 e. The lowest BCUT2D eigenvalue weighted by Gasteiger charge is -2.10. The Bertz CT molecular complexity index is 498. The van der Waals surface area contributed by atoms with E-state index in [4.69, 9.17) is 11.2 Å². The number of ether oxygens (including phenoxy) is 1. The number of terminal acetylenes is 1. The van der Waals surface area contributed by atoms with Gasteiger partial charge < -0.3 is 4.74 Å². The average molecular weight is 201 g/mol. The average Bonchev–Trinajstić information content (AvgIpc) is 2.70. The van der Waals surface area contributed by atoms with Gasteiger partial charge in [-0.05, 0) is 19.1 Å². The lowest BCUT2D eigenvalue weighted by molar-refractivity contribution is 0.0472. The lowest BCUT2D eigenvalue weighted by Crippen LogP contribution is -2.12. The molecule has 0 aliphatic rings. The second kappa shape index (κ2) is 4.11. The van der Waals surface area contributed by atoms with Gasteiger partial charge in [-0.25, -0.2) is 4.68 Å². The molecule has 0 aliphatic heterocycles. The molecule has 76 valence electrons. The summed E-state index contributed by atoms with van der Waals surface area (Å²) < 4.78 is 6.98. The first kappa shape index (κ1) is 9.69. The van der Waals surface area contributed by atoms with Crippen molar-refractivity contribution < 1.29 is 4.74 Å². The Morgan fingerprint density at radius 2 is 2.33 bits per heavy atom. The first-order chi connectivity index (χ1) is 7.36. The van der Waals surface area contributed by atoms with Crippen molar-refractivity contribution in [3.05, 3.63) is 24.3 Å². The van der Waals surface area contributed by atoms with E-state index in [1.54, 1.807) is 4.68 Å². The van der Waals surface area contributed by atoms with E-state index in [0.717, 1.165) is 11.0 Å². The van der Waals surface area contributed by atoms with Gasteiger partial charge in [-0.15, -0.1) is 11.5 Å². The van der Waals surface area contributed by atoms with E-state index in [-0.39, 0.29) is 0 Å². The van der Waals surface area contributed by atoms with Gasteiger partial charge in [0.2, 0.25) is 6.23 Å². The van der Waals surface area contributed by atoms with Gasteiger partial charge in [0.15, 0.2) is 0 Å². The Hall–Kier alpha value is -1.86. The lowest BCUT2D eigenvalue weighted by atomic mass is 10.3. The summed E-state index contributed by atoms with van der Waals surface area (Å²) in [5, 5.41) is 7.99. The summed E-state index contributed by atoms with van der Waals surface area (Å²) in [5.41, 5.74) is 1.70. The minimum atomic E-state index is -0.484. The normalized spacial score (nSPS) is 12.5. The SMILES string of the molecule is C#CC(OCC)n1nnc2ccccc21. The zero-order valence-electron chi connectivity index (χ0n) is 8.42. The molecule has 2 rings (SSSR count). The molecule has 0 spiro atoms. The molecule has 0 amide bonds. The number of para-hydroxylation sites is 1. The van der Waals surface area contributed by atoms with Gasteiger partial charge in [-0.3, -0.25) is 0 Å². The summed E-state index contributed by atoms with van der Waals surface area (Å²) in [6.07, 6.45) is 4.89. The number of fused-ring (bicyclic) bond motifs is 1. The summed E-state index contributed by atoms with van der Waals surface area (Å²) in [7, 11) is 0. The number of hydrogen-bond acceptors (Lipinski definition) is 3. The van der Waals surface area contributed by atoms with Crippen LogP contribution in [0.2, 0.25) is 0 Å². The van der Waals surface area contributed by atoms with Crippen LogP contribution < -0.4 is 0 Å². The van der Waals surface area contributed by atoms with Gasteiger partial charge in [0.05, 0.1) is 5.52 Å². The smallest absolute Gasteiger partial charge is 0.215 e. The largest absolute Gasteiger partial charge is 0.346 e. The molecule has 1 aromatic carbocycles. The highest BCUT2D eigenvalue weighted by Gasteiger charge is 2.11. The van der Waals surface area contributed by atoms with Crippen molar-refractivity contribution in [1.29, 1.82) is 0 Å². The molecule has 1 aromatic heterocycles. The molecule has 4 nitrogen and oxygen atoms in total. The zero-order chi connectivity index (χ0) is 10.7. The molecule has 0 bridgehead atoms. The second-order valence-electron chi connectivity index (χ2n) is 3.00. The number of rotatable bonds is 3. The van der Waals surface area contributed by atoms with Crippen LogP contribution in [0.3, 0.4) is 0 Å². The van der Waals surface area contributed by atoms with Gasteiger partial charge in [0, 0.05) is 6.61 Å². The van der Waals surface area contributed by atoms with Gasteiger partial charge in [0.1, 0.15) is 5.52 Å². The third-order valence-corrected chi connectivity index (χ3v) is 2.07. The Morgan fingerprint density at radius 3 is 3.07 bits per heavy atom. The van der Waals surface area contributed by atoms with Crippen LogP contribution in [0.15, 0.2) is 24.3 Å². The fourth-order valence-corrected chi connectivity index (χ4v) is 1.41. The van der Waals surface area contributed by atoms with Crippen molar-refractivity contribution in [1.82, 2.24) is 15.0 Å². The highest BCUT2D eigenvalue weighted by molar-refractivity contribution is 5.74. The highest BCUT2D eigenvalue weighted by atomic mass is 16.5. The molecule has 0 saturated carbocycles. The van der Waals surface area contributed by atoms with E-state index in [9.17, 15) is 0 Å². The minimum absolute atomic E-state index is 0.484. The third kappa shape index (κ3) is 1.69. The minimum Gasteiger partial charge on any atom is -0.346 e. The van der Waals surface area contributed by atoms with E-state index < -0.39 is 6.23 Å². The quantitative estimate of drug-likeness (QED) is 0.708. The fraction of sp³-hybridized carbons (Fsp3) is 0.273. The van der Waals surface area contributed by atoms with E-state index >= 15 is 0 Å². The van der Waals surface area contributed by atoms with E-state index in [2.05, 4.69) is 16.2 Å². The van der Waals surface area contributed by atoms with Crippen LogP contribution in [-0.4, -0.2) is 21.6 Å². The number of hydrogen-bond donors (Lipinski definition) is 0. The van der Waals surface area contributed by atoms with Crippen LogP contribution in [-0.2, 0) is 4.74 Å². The van der Waals surface area contributed by atoms with Crippen LogP contribution in [0, 0.1) is 12.3 Å². The maximum absolute atomic E-state index is 5.38. The standard InChI is InChI=1S/C11H11N3O/c1-3-11(15-4-2)14-10-8-6-5-7-9(10)12-13-14/h1,5-8,11H,4H2,2H3. The van der Waals surface area contributed by atoms with Crippen molar-refractivity contribution in [3.63, 3.8) is 0 Å². The van der Waals surface area contributed by atoms with Crippen LogP contribution in [0.25, 0.3) is 11.0 Å². The maximum atomic E-state index is 5.38. The van der Waals surface area contributed by atoms with Gasteiger partial charge in [0.25, 0.3) is 0 Å². The van der Waals surface area contributed by atoms with Crippen molar-refractivity contribution in [2.75, 3.05) is 6.61 Å². The molecule has 1 unspecified atom stereocenters. The molecular formula is C11H11N3O. The fourth-order valence-electron chi connectivity index (χ4n) is 1.41. The molecule has 2 aromatic rings. The molecular weight excluding hydrogens is 190 g/mol. The number of benzene rings is 1. The van der Waals surface area contributed by atoms with Crippen LogP contribution in [0.1, 0.15) is 13.2 Å². The molecule has 0 radical (unpaired) electrons. The molecule has 0 N–H and O–H groups in total. The first-order valence-corrected chi connectivity index (χ1v) is 4.74. The predicted molar refractivity (Wildman–Crippen MR) is 57.0 cm³/mol. The molecule has 1 atom stereocenters. The molecule has 1 heterocycles. The third-order valence-electron chi connectivity index (χ3n) is 2.07. The van der Waals surface area contributed by atoms with E-state index in [1.165, 1.54) is 0 Å². The highest BCUT2D eigenvalue weighted by Crippen LogP contribution is 2.15. The Kier molecular flexibility index (Phi) is 2.66. The van der Waals surface area contributed by atoms with Crippen molar-refractivity contribution in [2.24, 2.45) is 0 Å². The molecule has 0 aliphatic carbocycles. The topological polar surface area (TPSA) is 39.9 Å². The van der Waals surface area contributed by atoms with Crippen LogP contribution in [0.5, 0.6) is 0 Å². The molecule has 0 fully saturated rings. The number of aromatic nitrogens is 3. The summed E-state index contributed by atoms with van der Waals surface area (Å²) in [6.45, 7) is 2.44. The van der Waals surface area contributed by atoms with Crippen LogP contribution in [0.4, 0.5) is 0 Å². The summed E-state index contributed by atoms with van der Waals surface area (Å²) >= 11 is 0. The molecule has 4 heteroatoms. The molecule has 0 saturated heterocycles. The monoisotopic (exact) mass is 201 g/mol. The van der Waals surface area contributed by atoms with E-state index in [1.807, 2.05) is 31.2 Å². The van der Waals surface area contributed by atoms with Crippen molar-refractivity contribution in [3.8, 4) is 12.3 Å². The Balaban J connectivity index is 2.47. The number of nitrogens with zero attached hydrogens (tertiary/aromatic N) is 3. The van der Waals surface area contributed by atoms with Crippen molar-refractivity contribution >= 4 is 11.0 Å². The summed E-state index contributed by atoms with van der Waals surface area (Å²) in [5.74, 6) is 2.54. The predicted octanol–water partition coefficient (Wildman–Crippen LogP) is 1.60. The van der Waals surface area contributed by atoms with Gasteiger partial charge in [-0.1, -0.05) is 23.3 Å². The summed E-state index contributed by atoms with van der Waals surface area (Å²) in [6, 6.07) is 7.63. The second-order valence-corrected chi connectivity index (χ2v) is 3.00. The van der Waals surface area contributed by atoms with E-state index in [0.29, 0.717) is 6.61 Å². The Morgan fingerprint density at radius 1 is 1.53 bits per heavy atom. The zero-order valence-corrected chi connectivity index (χ0v) is 8.42. The van der Waals surface area contributed by atoms with Gasteiger partial charge >= 0.3 is 0 Å². The van der Waals surface area contributed by atoms with Crippen molar-refractivity contribution in [2.45, 2.75) is 13.2 Å². The Labute approximate surface area is 87.8 Å².